The van der Waals surface area contributed by atoms with Gasteiger partial charge in [-0.05, 0) is 36.8 Å². The molecule has 7 heteroatoms. The number of rotatable bonds is 5. The predicted molar refractivity (Wildman–Crippen MR) is 82.6 cm³/mol. The molecule has 4 rings (SSSR count). The lowest BCUT2D eigenvalue weighted by Crippen LogP contribution is -2.08. The molecule has 25 heavy (non-hydrogen) atoms. The van der Waals surface area contributed by atoms with Gasteiger partial charge in [0.2, 0.25) is 0 Å². The van der Waals surface area contributed by atoms with Crippen LogP contribution in [-0.4, -0.2) is 23.8 Å². The van der Waals surface area contributed by atoms with Crippen molar-refractivity contribution in [3.05, 3.63) is 47.5 Å². The van der Waals surface area contributed by atoms with Crippen molar-refractivity contribution in [3.63, 3.8) is 0 Å². The Morgan fingerprint density at radius 3 is 2.64 bits per heavy atom. The number of fused-ring (bicyclic) bond motifs is 3. The van der Waals surface area contributed by atoms with E-state index in [-0.39, 0.29) is 17.8 Å². The van der Waals surface area contributed by atoms with Gasteiger partial charge in [0.05, 0.1) is 0 Å². The van der Waals surface area contributed by atoms with Crippen LogP contribution in [0.3, 0.4) is 0 Å². The van der Waals surface area contributed by atoms with E-state index < -0.39 is 18.5 Å². The van der Waals surface area contributed by atoms with Gasteiger partial charge in [-0.25, -0.2) is 0 Å². The maximum absolute atomic E-state index is 12.2. The van der Waals surface area contributed by atoms with Gasteiger partial charge >= 0.3 is 12.6 Å². The van der Waals surface area contributed by atoms with Crippen LogP contribution < -0.4 is 14.2 Å². The van der Waals surface area contributed by atoms with E-state index in [9.17, 15) is 13.6 Å². The van der Waals surface area contributed by atoms with Gasteiger partial charge in [0.15, 0.2) is 0 Å². The Balaban J connectivity index is 1.51. The number of halogens is 2. The van der Waals surface area contributed by atoms with Gasteiger partial charge in [0, 0.05) is 17.5 Å². The largest absolute Gasteiger partial charge is 0.488 e. The molecule has 0 amide bonds. The predicted octanol–water partition coefficient (Wildman–Crippen LogP) is 3.95. The molecule has 1 aliphatic carbocycles. The first kappa shape index (κ1) is 15.7. The number of ether oxygens (including phenoxy) is 3. The highest BCUT2D eigenvalue weighted by atomic mass is 19.3. The smallest absolute Gasteiger partial charge is 0.387 e. The molecule has 1 N–H and O–H groups in total. The Morgan fingerprint density at radius 2 is 1.96 bits per heavy atom. The van der Waals surface area contributed by atoms with Crippen molar-refractivity contribution in [2.75, 3.05) is 0 Å². The average molecular weight is 348 g/mol. The standard InChI is InChI=1S/C18H14F2O5/c1-8-6-9(24-18(19)20)3-5-12(8)23-10-2-4-11-13(7-10)25-16-14(11)15(16)17(21)22/h2-7,14-16,18H,1H3,(H,21,22). The molecule has 5 nitrogen and oxygen atoms in total. The molecule has 2 aliphatic rings. The van der Waals surface area contributed by atoms with E-state index in [1.807, 2.05) is 6.07 Å². The lowest BCUT2D eigenvalue weighted by atomic mass is 10.1. The lowest BCUT2D eigenvalue weighted by Gasteiger charge is -2.13. The van der Waals surface area contributed by atoms with Crippen LogP contribution in [0.15, 0.2) is 36.4 Å². The summed E-state index contributed by atoms with van der Waals surface area (Å²) < 4.78 is 40.3. The van der Waals surface area contributed by atoms with Crippen molar-refractivity contribution in [2.45, 2.75) is 25.6 Å². The number of carboxylic acid groups (broad SMARTS) is 1. The zero-order valence-electron chi connectivity index (χ0n) is 13.1. The SMILES string of the molecule is Cc1cc(OC(F)F)ccc1Oc1ccc2c(c1)OC1C(C(=O)O)C21. The maximum Gasteiger partial charge on any atom is 0.387 e. The van der Waals surface area contributed by atoms with Crippen molar-refractivity contribution in [2.24, 2.45) is 5.92 Å². The number of hydrogen-bond donors (Lipinski definition) is 1. The first-order valence-corrected chi connectivity index (χ1v) is 7.71. The summed E-state index contributed by atoms with van der Waals surface area (Å²) in [5.41, 5.74) is 1.52. The van der Waals surface area contributed by atoms with Crippen LogP contribution in [0, 0.1) is 12.8 Å². The van der Waals surface area contributed by atoms with Crippen molar-refractivity contribution >= 4 is 5.97 Å². The van der Waals surface area contributed by atoms with Crippen molar-refractivity contribution in [1.29, 1.82) is 0 Å². The van der Waals surface area contributed by atoms with Gasteiger partial charge in [-0.1, -0.05) is 6.07 Å². The number of benzene rings is 2. The summed E-state index contributed by atoms with van der Waals surface area (Å²) in [6.07, 6.45) is -0.296. The first-order valence-electron chi connectivity index (χ1n) is 7.71. The molecule has 0 radical (unpaired) electrons. The van der Waals surface area contributed by atoms with Gasteiger partial charge in [-0.15, -0.1) is 0 Å². The Kier molecular flexibility index (Phi) is 3.52. The third-order valence-electron chi connectivity index (χ3n) is 4.45. The van der Waals surface area contributed by atoms with Gasteiger partial charge < -0.3 is 19.3 Å². The molecule has 1 saturated carbocycles. The maximum atomic E-state index is 12.2. The fourth-order valence-electron chi connectivity index (χ4n) is 3.24. The van der Waals surface area contributed by atoms with E-state index in [1.54, 1.807) is 25.1 Å². The average Bonchev–Trinajstić information content (AvgIpc) is 3.13. The van der Waals surface area contributed by atoms with E-state index in [4.69, 9.17) is 14.6 Å². The van der Waals surface area contributed by atoms with Gasteiger partial charge in [-0.3, -0.25) is 4.79 Å². The number of aliphatic carboxylic acids is 1. The Labute approximate surface area is 141 Å². The lowest BCUT2D eigenvalue weighted by molar-refractivity contribution is -0.139. The monoisotopic (exact) mass is 348 g/mol. The topological polar surface area (TPSA) is 65.0 Å². The summed E-state index contributed by atoms with van der Waals surface area (Å²) in [6, 6.07) is 9.69. The van der Waals surface area contributed by atoms with Crippen LogP contribution in [0.5, 0.6) is 23.0 Å². The van der Waals surface area contributed by atoms with E-state index in [0.717, 1.165) is 5.56 Å². The molecular formula is C18H14F2O5. The van der Waals surface area contributed by atoms with E-state index >= 15 is 0 Å². The molecule has 1 heterocycles. The third-order valence-corrected chi connectivity index (χ3v) is 4.45. The second kappa shape index (κ2) is 5.61. The second-order valence-corrected chi connectivity index (χ2v) is 6.08. The zero-order chi connectivity index (χ0) is 17.7. The molecule has 0 aromatic heterocycles. The minimum atomic E-state index is -2.87. The molecule has 0 spiro atoms. The summed E-state index contributed by atoms with van der Waals surface area (Å²) in [7, 11) is 0. The van der Waals surface area contributed by atoms with Crippen LogP contribution in [0.4, 0.5) is 8.78 Å². The minimum absolute atomic E-state index is 0.0666. The quantitative estimate of drug-likeness (QED) is 0.886. The van der Waals surface area contributed by atoms with Crippen LogP contribution >= 0.6 is 0 Å². The van der Waals surface area contributed by atoms with Gasteiger partial charge in [-0.2, -0.15) is 8.78 Å². The summed E-state index contributed by atoms with van der Waals surface area (Å²) in [6.45, 7) is -1.15. The van der Waals surface area contributed by atoms with E-state index in [0.29, 0.717) is 22.8 Å². The molecule has 1 aliphatic heterocycles. The summed E-state index contributed by atoms with van der Waals surface area (Å²) in [4.78, 5) is 11.1. The van der Waals surface area contributed by atoms with Crippen LogP contribution in [-0.2, 0) is 4.79 Å². The normalized spacial score (nSPS) is 22.8. The van der Waals surface area contributed by atoms with Crippen LogP contribution in [0.1, 0.15) is 17.0 Å². The molecule has 2 aromatic rings. The zero-order valence-corrected chi connectivity index (χ0v) is 13.1. The summed E-state index contributed by atoms with van der Waals surface area (Å²) in [5, 5.41) is 9.08. The highest BCUT2D eigenvalue weighted by Crippen LogP contribution is 2.58. The van der Waals surface area contributed by atoms with Crippen LogP contribution in [0.2, 0.25) is 0 Å². The minimum Gasteiger partial charge on any atom is -0.488 e. The number of carbonyl (C=O) groups is 1. The molecule has 3 unspecified atom stereocenters. The van der Waals surface area contributed by atoms with Crippen molar-refractivity contribution < 1.29 is 32.9 Å². The van der Waals surface area contributed by atoms with Crippen molar-refractivity contribution in [1.82, 2.24) is 0 Å². The van der Waals surface area contributed by atoms with Gasteiger partial charge in [0.1, 0.15) is 35.0 Å². The van der Waals surface area contributed by atoms with Crippen LogP contribution in [0.25, 0.3) is 0 Å². The van der Waals surface area contributed by atoms with E-state index in [1.165, 1.54) is 12.1 Å². The third kappa shape index (κ3) is 2.75. The molecule has 130 valence electrons. The fourth-order valence-corrected chi connectivity index (χ4v) is 3.24. The Hall–Kier alpha value is -2.83. The number of alkyl halides is 2. The molecule has 3 atom stereocenters. The molecule has 1 fully saturated rings. The second-order valence-electron chi connectivity index (χ2n) is 6.08. The summed E-state index contributed by atoms with van der Waals surface area (Å²) >= 11 is 0. The Bertz CT molecular complexity index is 851. The Morgan fingerprint density at radius 1 is 1.20 bits per heavy atom. The molecular weight excluding hydrogens is 334 g/mol. The highest BCUT2D eigenvalue weighted by molar-refractivity contribution is 5.79. The highest BCUT2D eigenvalue weighted by Gasteiger charge is 2.63. The number of carboxylic acids is 1. The first-order chi connectivity index (χ1) is 11.9. The van der Waals surface area contributed by atoms with E-state index in [2.05, 4.69) is 4.74 Å². The molecule has 0 saturated heterocycles. The number of hydrogen-bond acceptors (Lipinski definition) is 4. The molecule has 0 bridgehead atoms. The van der Waals surface area contributed by atoms with Crippen molar-refractivity contribution in [3.8, 4) is 23.0 Å². The van der Waals surface area contributed by atoms with Gasteiger partial charge in [0.25, 0.3) is 0 Å². The summed E-state index contributed by atoms with van der Waals surface area (Å²) in [5.74, 6) is 0.323. The molecule has 2 aromatic carbocycles. The fraction of sp³-hybridized carbons (Fsp3) is 0.278. The number of aryl methyl sites for hydroxylation is 1.